The van der Waals surface area contributed by atoms with Crippen LogP contribution in [0.25, 0.3) is 5.69 Å². The molecule has 206 valence electrons. The Morgan fingerprint density at radius 2 is 1.67 bits per heavy atom. The first-order valence-electron chi connectivity index (χ1n) is 13.4. The minimum atomic E-state index is -0.385. The van der Waals surface area contributed by atoms with E-state index in [1.807, 2.05) is 103 Å². The second kappa shape index (κ2) is 10.3. The van der Waals surface area contributed by atoms with Crippen LogP contribution in [-0.4, -0.2) is 34.5 Å². The number of methoxy groups -OCH3 is 1. The van der Waals surface area contributed by atoms with Crippen molar-refractivity contribution in [3.8, 4) is 5.69 Å². The van der Waals surface area contributed by atoms with Crippen LogP contribution in [0, 0.1) is 6.92 Å². The molecule has 2 aliphatic rings. The molecule has 0 bridgehead atoms. The lowest BCUT2D eigenvalue weighted by Gasteiger charge is -2.40. The number of esters is 1. The van der Waals surface area contributed by atoms with Crippen molar-refractivity contribution in [2.45, 2.75) is 13.0 Å². The number of amidine groups is 2. The summed E-state index contributed by atoms with van der Waals surface area (Å²) in [7, 11) is 1.38. The number of para-hydroxylation sites is 3. The fraction of sp³-hybridized carbons (Fsp3) is 0.0909. The van der Waals surface area contributed by atoms with Crippen LogP contribution in [-0.2, 0) is 4.74 Å². The molecule has 0 fully saturated rings. The molecule has 5 aromatic rings. The summed E-state index contributed by atoms with van der Waals surface area (Å²) < 4.78 is 6.82. The molecule has 0 spiro atoms. The van der Waals surface area contributed by atoms with Crippen LogP contribution in [0.1, 0.15) is 33.2 Å². The smallest absolute Gasteiger partial charge is 0.337 e. The normalized spacial score (nSPS) is 15.1. The summed E-state index contributed by atoms with van der Waals surface area (Å²) in [6.07, 6.45) is 0. The fourth-order valence-corrected chi connectivity index (χ4v) is 5.67. The summed E-state index contributed by atoms with van der Waals surface area (Å²) in [4.78, 5) is 24.7. The third kappa shape index (κ3) is 4.33. The summed E-state index contributed by atoms with van der Waals surface area (Å²) in [5, 5.41) is 9.04. The molecular weight excluding hydrogens is 548 g/mol. The van der Waals surface area contributed by atoms with Gasteiger partial charge in [0.15, 0.2) is 17.5 Å². The average Bonchev–Trinajstić information content (AvgIpc) is 3.36. The number of carbonyl (C=O) groups is 1. The van der Waals surface area contributed by atoms with E-state index in [4.69, 9.17) is 31.4 Å². The Hall–Kier alpha value is -5.21. The number of hydrogen-bond donors (Lipinski definition) is 1. The molecule has 3 heterocycles. The monoisotopic (exact) mass is 572 g/mol. The maximum atomic E-state index is 12.2. The van der Waals surface area contributed by atoms with Crippen molar-refractivity contribution in [1.29, 1.82) is 0 Å². The molecule has 9 heteroatoms. The Kier molecular flexibility index (Phi) is 6.32. The lowest BCUT2D eigenvalue weighted by Crippen LogP contribution is -2.46. The Morgan fingerprint density at radius 1 is 0.905 bits per heavy atom. The van der Waals surface area contributed by atoms with Gasteiger partial charge in [0.25, 0.3) is 0 Å². The first-order chi connectivity index (χ1) is 20.5. The fourth-order valence-electron chi connectivity index (χ4n) is 5.48. The molecule has 0 radical (unpaired) electrons. The van der Waals surface area contributed by atoms with E-state index >= 15 is 0 Å². The predicted octanol–water partition coefficient (Wildman–Crippen LogP) is 7.42. The number of benzene rings is 4. The number of anilines is 2. The van der Waals surface area contributed by atoms with Gasteiger partial charge in [0, 0.05) is 16.3 Å². The number of ether oxygens (including phenoxy) is 1. The van der Waals surface area contributed by atoms with Gasteiger partial charge >= 0.3 is 5.97 Å². The molecular formula is C33H25ClN6O2. The van der Waals surface area contributed by atoms with Gasteiger partial charge in [-0.15, -0.1) is 0 Å². The third-order valence-corrected chi connectivity index (χ3v) is 7.61. The van der Waals surface area contributed by atoms with Crippen molar-refractivity contribution in [2.24, 2.45) is 9.98 Å². The topological polar surface area (TPSA) is 84.1 Å². The predicted molar refractivity (Wildman–Crippen MR) is 166 cm³/mol. The zero-order valence-electron chi connectivity index (χ0n) is 22.8. The molecule has 42 heavy (non-hydrogen) atoms. The van der Waals surface area contributed by atoms with E-state index in [0.29, 0.717) is 28.1 Å². The number of aromatic nitrogens is 2. The van der Waals surface area contributed by atoms with Gasteiger partial charge in [-0.2, -0.15) is 5.10 Å². The van der Waals surface area contributed by atoms with E-state index in [-0.39, 0.29) is 12.0 Å². The molecule has 0 saturated heterocycles. The summed E-state index contributed by atoms with van der Waals surface area (Å²) in [6, 6.07) is 32.6. The highest BCUT2D eigenvalue weighted by Gasteiger charge is 2.41. The van der Waals surface area contributed by atoms with E-state index in [1.54, 1.807) is 12.1 Å². The van der Waals surface area contributed by atoms with Crippen LogP contribution < -0.4 is 10.2 Å². The standard InChI is InChI=1S/C33H25ClN6O2/c1-20-28-29(21-15-17-22(18-16-21)33(41)42-2)39-27-14-7-6-13-26(27)36-30(35-24-10-8-9-23(34)19-24)32(39)37-31(28)40(38-20)25-11-4-3-5-12-25/h3-19,29H,1-2H3,(H,35,36)/t29-/m1/s1. The van der Waals surface area contributed by atoms with Crippen molar-refractivity contribution >= 4 is 52.1 Å². The first-order valence-corrected chi connectivity index (χ1v) is 13.8. The third-order valence-electron chi connectivity index (χ3n) is 7.37. The molecule has 8 nitrogen and oxygen atoms in total. The van der Waals surface area contributed by atoms with Crippen LogP contribution in [0.3, 0.4) is 0 Å². The van der Waals surface area contributed by atoms with E-state index in [2.05, 4.69) is 10.2 Å². The van der Waals surface area contributed by atoms with Crippen molar-refractivity contribution < 1.29 is 9.53 Å². The van der Waals surface area contributed by atoms with Gasteiger partial charge in [-0.1, -0.05) is 60.1 Å². The first kappa shape index (κ1) is 25.7. The van der Waals surface area contributed by atoms with Crippen LogP contribution in [0.2, 0.25) is 5.02 Å². The number of halogens is 1. The van der Waals surface area contributed by atoms with E-state index in [9.17, 15) is 4.79 Å². The van der Waals surface area contributed by atoms with Crippen LogP contribution >= 0.6 is 11.6 Å². The SMILES string of the molecule is COC(=O)c1ccc([C@@H]2c3c(C)nn(-c4ccccc4)c3N=C3C(Nc4cccc(Cl)c4)=Nc4ccccc4N32)cc1. The van der Waals surface area contributed by atoms with Gasteiger partial charge in [-0.25, -0.2) is 19.5 Å². The Labute approximate surface area is 247 Å². The summed E-state index contributed by atoms with van der Waals surface area (Å²) in [6.45, 7) is 2.00. The van der Waals surface area contributed by atoms with Crippen molar-refractivity contribution in [3.63, 3.8) is 0 Å². The number of hydrogen-bond acceptors (Lipinski definition) is 7. The number of fused-ring (bicyclic) bond motifs is 4. The lowest BCUT2D eigenvalue weighted by atomic mass is 9.92. The van der Waals surface area contributed by atoms with Gasteiger partial charge in [0.2, 0.25) is 0 Å². The second-order valence-corrected chi connectivity index (χ2v) is 10.4. The number of aliphatic imine (C=N–C) groups is 2. The molecule has 4 aromatic carbocycles. The van der Waals surface area contributed by atoms with Gasteiger partial charge in [0.05, 0.1) is 41.5 Å². The summed E-state index contributed by atoms with van der Waals surface area (Å²) >= 11 is 6.32. The van der Waals surface area contributed by atoms with Crippen molar-refractivity contribution in [3.05, 3.63) is 131 Å². The molecule has 0 unspecified atom stereocenters. The maximum absolute atomic E-state index is 12.2. The number of aryl methyl sites for hydroxylation is 1. The van der Waals surface area contributed by atoms with E-state index < -0.39 is 0 Å². The van der Waals surface area contributed by atoms with Gasteiger partial charge in [-0.3, -0.25) is 0 Å². The Balaban J connectivity index is 1.47. The molecule has 7 rings (SSSR count). The van der Waals surface area contributed by atoms with Gasteiger partial charge in [0.1, 0.15) is 0 Å². The van der Waals surface area contributed by atoms with Gasteiger partial charge in [-0.05, 0) is 67.1 Å². The highest BCUT2D eigenvalue weighted by atomic mass is 35.5. The quantitative estimate of drug-likeness (QED) is 0.227. The largest absolute Gasteiger partial charge is 0.465 e. The number of nitrogens with zero attached hydrogens (tertiary/aromatic N) is 5. The summed E-state index contributed by atoms with van der Waals surface area (Å²) in [5.41, 5.74) is 6.66. The highest BCUT2D eigenvalue weighted by Crippen LogP contribution is 2.48. The van der Waals surface area contributed by atoms with Crippen molar-refractivity contribution in [2.75, 3.05) is 17.3 Å². The summed E-state index contributed by atoms with van der Waals surface area (Å²) in [5.74, 6) is 1.55. The highest BCUT2D eigenvalue weighted by molar-refractivity contribution is 6.51. The molecule has 0 amide bonds. The van der Waals surface area contributed by atoms with Crippen LogP contribution in [0.5, 0.6) is 0 Å². The average molecular weight is 573 g/mol. The Morgan fingerprint density at radius 3 is 2.43 bits per heavy atom. The van der Waals surface area contributed by atoms with Gasteiger partial charge < -0.3 is 15.0 Å². The minimum Gasteiger partial charge on any atom is -0.465 e. The molecule has 1 aromatic heterocycles. The Bertz CT molecular complexity index is 1900. The second-order valence-electron chi connectivity index (χ2n) is 9.98. The lowest BCUT2D eigenvalue weighted by molar-refractivity contribution is 0.0600. The zero-order chi connectivity index (χ0) is 28.8. The molecule has 0 aliphatic carbocycles. The van der Waals surface area contributed by atoms with E-state index in [0.717, 1.165) is 39.6 Å². The van der Waals surface area contributed by atoms with E-state index in [1.165, 1.54) is 7.11 Å². The molecule has 2 aliphatic heterocycles. The zero-order valence-corrected chi connectivity index (χ0v) is 23.6. The molecule has 1 atom stereocenters. The number of nitrogens with one attached hydrogen (secondary N) is 1. The molecule has 1 N–H and O–H groups in total. The molecule has 0 saturated carbocycles. The number of carbonyl (C=O) groups excluding carboxylic acids is 1. The van der Waals surface area contributed by atoms with Crippen LogP contribution in [0.4, 0.5) is 22.9 Å². The maximum Gasteiger partial charge on any atom is 0.337 e. The van der Waals surface area contributed by atoms with Crippen LogP contribution in [0.15, 0.2) is 113 Å². The minimum absolute atomic E-state index is 0.315. The van der Waals surface area contributed by atoms with Crippen molar-refractivity contribution in [1.82, 2.24) is 9.78 Å². The number of rotatable bonds is 4.